The summed E-state index contributed by atoms with van der Waals surface area (Å²) in [7, 11) is 0. The molecule has 0 aliphatic carbocycles. The van der Waals surface area contributed by atoms with Crippen LogP contribution in [0.25, 0.3) is 0 Å². The van der Waals surface area contributed by atoms with Gasteiger partial charge in [-0.3, -0.25) is 4.79 Å². The number of rotatable bonds is 7. The molecular weight excluding hydrogens is 394 g/mol. The molecule has 3 aromatic rings. The molecule has 2 aromatic carbocycles. The van der Waals surface area contributed by atoms with Gasteiger partial charge in [-0.15, -0.1) is 10.2 Å². The monoisotopic (exact) mass is 407 g/mol. The second-order valence-corrected chi connectivity index (χ2v) is 8.81. The summed E-state index contributed by atoms with van der Waals surface area (Å²) in [5.74, 6) is 1.04. The van der Waals surface area contributed by atoms with E-state index >= 15 is 0 Å². The number of halogens is 1. The van der Waals surface area contributed by atoms with Crippen LogP contribution in [0.2, 0.25) is 5.02 Å². The Morgan fingerprint density at radius 1 is 1.04 bits per heavy atom. The van der Waals surface area contributed by atoms with E-state index < -0.39 is 0 Å². The maximum Gasteiger partial charge on any atom is 0.234 e. The van der Waals surface area contributed by atoms with E-state index in [0.717, 1.165) is 14.4 Å². The average molecular weight is 408 g/mol. The third-order valence-electron chi connectivity index (χ3n) is 3.03. The predicted octanol–water partition coefficient (Wildman–Crippen LogP) is 5.21. The Labute approximate surface area is 163 Å². The number of carbonyl (C=O) groups excluding carboxylic acids is 1. The van der Waals surface area contributed by atoms with Crippen LogP contribution in [0.5, 0.6) is 0 Å². The molecule has 0 saturated heterocycles. The standard InChI is InChI=1S/C17H14ClN3OS3/c18-13-7-4-8-14(9-13)19-15(22)11-24-17-21-20-16(25-17)23-10-12-5-2-1-3-6-12/h1-9H,10-11H2,(H,19,22). The summed E-state index contributed by atoms with van der Waals surface area (Å²) in [4.78, 5) is 12.0. The molecule has 8 heteroatoms. The summed E-state index contributed by atoms with van der Waals surface area (Å²) in [6.45, 7) is 0. The van der Waals surface area contributed by atoms with Crippen LogP contribution in [0.4, 0.5) is 5.69 Å². The molecule has 0 radical (unpaired) electrons. The van der Waals surface area contributed by atoms with Gasteiger partial charge in [0.2, 0.25) is 5.91 Å². The van der Waals surface area contributed by atoms with Crippen molar-refractivity contribution in [3.8, 4) is 0 Å². The molecule has 0 unspecified atom stereocenters. The third-order valence-corrected chi connectivity index (χ3v) is 6.52. The van der Waals surface area contributed by atoms with Crippen LogP contribution >= 0.6 is 46.5 Å². The first-order valence-electron chi connectivity index (χ1n) is 7.37. The van der Waals surface area contributed by atoms with Crippen LogP contribution in [0.15, 0.2) is 63.3 Å². The first-order valence-corrected chi connectivity index (χ1v) is 10.5. The van der Waals surface area contributed by atoms with E-state index in [1.807, 2.05) is 18.2 Å². The summed E-state index contributed by atoms with van der Waals surface area (Å²) < 4.78 is 1.69. The molecule has 0 aliphatic heterocycles. The van der Waals surface area contributed by atoms with Crippen LogP contribution in [0, 0.1) is 0 Å². The predicted molar refractivity (Wildman–Crippen MR) is 107 cm³/mol. The van der Waals surface area contributed by atoms with Gasteiger partial charge in [-0.1, -0.05) is 82.9 Å². The van der Waals surface area contributed by atoms with Crippen LogP contribution in [-0.4, -0.2) is 21.9 Å². The molecule has 0 spiro atoms. The number of nitrogens with one attached hydrogen (secondary N) is 1. The van der Waals surface area contributed by atoms with Gasteiger partial charge in [-0.25, -0.2) is 0 Å². The van der Waals surface area contributed by atoms with Crippen LogP contribution < -0.4 is 5.32 Å². The maximum atomic E-state index is 12.0. The summed E-state index contributed by atoms with van der Waals surface area (Å²) in [5, 5.41) is 11.7. The van der Waals surface area contributed by atoms with Gasteiger partial charge in [0.05, 0.1) is 5.75 Å². The molecule has 0 saturated carbocycles. The zero-order chi connectivity index (χ0) is 17.5. The lowest BCUT2D eigenvalue weighted by molar-refractivity contribution is -0.113. The molecule has 1 N–H and O–H groups in total. The Kier molecular flexibility index (Phi) is 6.75. The fraction of sp³-hybridized carbons (Fsp3) is 0.118. The minimum absolute atomic E-state index is 0.0963. The van der Waals surface area contributed by atoms with E-state index in [4.69, 9.17) is 11.6 Å². The van der Waals surface area contributed by atoms with Gasteiger partial charge < -0.3 is 5.32 Å². The van der Waals surface area contributed by atoms with Gasteiger partial charge in [0.15, 0.2) is 8.68 Å². The molecular formula is C17H14ClN3OS3. The van der Waals surface area contributed by atoms with E-state index in [0.29, 0.717) is 10.7 Å². The zero-order valence-electron chi connectivity index (χ0n) is 13.0. The van der Waals surface area contributed by atoms with Crippen molar-refractivity contribution in [1.82, 2.24) is 10.2 Å². The van der Waals surface area contributed by atoms with Crippen molar-refractivity contribution in [2.45, 2.75) is 14.4 Å². The van der Waals surface area contributed by atoms with Gasteiger partial charge >= 0.3 is 0 Å². The Hall–Kier alpha value is -1.54. The van der Waals surface area contributed by atoms with Gasteiger partial charge in [-0.2, -0.15) is 0 Å². The minimum Gasteiger partial charge on any atom is -0.325 e. The Balaban J connectivity index is 1.45. The number of amides is 1. The largest absolute Gasteiger partial charge is 0.325 e. The average Bonchev–Trinajstić information content (AvgIpc) is 3.07. The molecule has 25 heavy (non-hydrogen) atoms. The van der Waals surface area contributed by atoms with E-state index in [1.165, 1.54) is 28.7 Å². The molecule has 0 aliphatic rings. The fourth-order valence-electron chi connectivity index (χ4n) is 1.92. The summed E-state index contributed by atoms with van der Waals surface area (Å²) in [5.41, 5.74) is 1.94. The quantitative estimate of drug-likeness (QED) is 0.544. The lowest BCUT2D eigenvalue weighted by Gasteiger charge is -2.04. The van der Waals surface area contributed by atoms with Crippen molar-refractivity contribution in [2.24, 2.45) is 0 Å². The minimum atomic E-state index is -0.0963. The van der Waals surface area contributed by atoms with Crippen molar-refractivity contribution in [1.29, 1.82) is 0 Å². The SMILES string of the molecule is O=C(CSc1nnc(SCc2ccccc2)s1)Nc1cccc(Cl)c1. The fourth-order valence-corrected chi connectivity index (χ4v) is 4.89. The topological polar surface area (TPSA) is 54.9 Å². The van der Waals surface area contributed by atoms with Crippen LogP contribution in [0.1, 0.15) is 5.56 Å². The molecule has 1 amide bonds. The summed E-state index contributed by atoms with van der Waals surface area (Å²) in [6, 6.07) is 17.3. The first kappa shape index (κ1) is 18.3. The van der Waals surface area contributed by atoms with Crippen molar-refractivity contribution in [3.63, 3.8) is 0 Å². The highest BCUT2D eigenvalue weighted by Gasteiger charge is 2.09. The molecule has 1 aromatic heterocycles. The van der Waals surface area contributed by atoms with Crippen molar-refractivity contribution < 1.29 is 4.79 Å². The number of hydrogen-bond donors (Lipinski definition) is 1. The molecule has 4 nitrogen and oxygen atoms in total. The molecule has 0 atom stereocenters. The van der Waals surface area contributed by atoms with Gasteiger partial charge in [0.1, 0.15) is 0 Å². The molecule has 1 heterocycles. The first-order chi connectivity index (χ1) is 12.2. The Morgan fingerprint density at radius 2 is 1.80 bits per heavy atom. The van der Waals surface area contributed by atoms with Crippen molar-refractivity contribution in [3.05, 3.63) is 65.2 Å². The number of thioether (sulfide) groups is 2. The van der Waals surface area contributed by atoms with Gasteiger partial charge in [0.25, 0.3) is 0 Å². The highest BCUT2D eigenvalue weighted by Crippen LogP contribution is 2.30. The van der Waals surface area contributed by atoms with E-state index in [2.05, 4.69) is 27.6 Å². The summed E-state index contributed by atoms with van der Waals surface area (Å²) >= 11 is 10.4. The van der Waals surface area contributed by atoms with Crippen LogP contribution in [0.3, 0.4) is 0 Å². The second-order valence-electron chi connectivity index (χ2n) is 4.96. The molecule has 128 valence electrons. The molecule has 3 rings (SSSR count). The number of hydrogen-bond acceptors (Lipinski definition) is 6. The zero-order valence-corrected chi connectivity index (χ0v) is 16.2. The number of benzene rings is 2. The van der Waals surface area contributed by atoms with E-state index in [1.54, 1.807) is 36.0 Å². The number of nitrogens with zero attached hydrogens (tertiary/aromatic N) is 2. The molecule has 0 fully saturated rings. The van der Waals surface area contributed by atoms with Crippen molar-refractivity contribution in [2.75, 3.05) is 11.1 Å². The molecule has 0 bridgehead atoms. The number of aromatic nitrogens is 2. The second kappa shape index (κ2) is 9.24. The van der Waals surface area contributed by atoms with Gasteiger partial charge in [0, 0.05) is 16.5 Å². The van der Waals surface area contributed by atoms with Crippen LogP contribution in [-0.2, 0) is 10.5 Å². The normalized spacial score (nSPS) is 10.6. The number of carbonyl (C=O) groups is 1. The van der Waals surface area contributed by atoms with E-state index in [-0.39, 0.29) is 11.7 Å². The highest BCUT2D eigenvalue weighted by atomic mass is 35.5. The Morgan fingerprint density at radius 3 is 2.56 bits per heavy atom. The number of anilines is 1. The van der Waals surface area contributed by atoms with E-state index in [9.17, 15) is 4.79 Å². The van der Waals surface area contributed by atoms with Crippen molar-refractivity contribution >= 4 is 58.1 Å². The lowest BCUT2D eigenvalue weighted by Crippen LogP contribution is -2.13. The third kappa shape index (κ3) is 6.04. The Bertz CT molecular complexity index is 842. The maximum absolute atomic E-state index is 12.0. The smallest absolute Gasteiger partial charge is 0.234 e. The van der Waals surface area contributed by atoms with Gasteiger partial charge in [-0.05, 0) is 23.8 Å². The lowest BCUT2D eigenvalue weighted by atomic mass is 10.2. The highest BCUT2D eigenvalue weighted by molar-refractivity contribution is 8.03. The summed E-state index contributed by atoms with van der Waals surface area (Å²) in [6.07, 6.45) is 0.